The molecule has 0 aromatic rings. The van der Waals surface area contributed by atoms with Crippen LogP contribution in [0.1, 0.15) is 52.9 Å². The maximum absolute atomic E-state index is 6.13. The van der Waals surface area contributed by atoms with Gasteiger partial charge in [0.25, 0.3) is 0 Å². The summed E-state index contributed by atoms with van der Waals surface area (Å²) < 4.78 is 6.13. The van der Waals surface area contributed by atoms with Crippen molar-refractivity contribution in [3.05, 3.63) is 0 Å². The first-order valence-electron chi connectivity index (χ1n) is 6.35. The lowest BCUT2D eigenvalue weighted by atomic mass is 9.68. The minimum Gasteiger partial charge on any atom is -0.374 e. The Hall–Kier alpha value is -0.0400. The molecule has 0 spiro atoms. The van der Waals surface area contributed by atoms with Crippen LogP contribution < -0.4 is 0 Å². The van der Waals surface area contributed by atoms with Crippen LogP contribution in [-0.2, 0) is 4.74 Å². The second kappa shape index (κ2) is 3.84. The molecule has 0 aromatic heterocycles. The summed E-state index contributed by atoms with van der Waals surface area (Å²) in [6.45, 7) is 8.03. The predicted molar refractivity (Wildman–Crippen MR) is 59.3 cm³/mol. The van der Waals surface area contributed by atoms with Crippen molar-refractivity contribution in [1.29, 1.82) is 0 Å². The molecule has 0 amide bonds. The fraction of sp³-hybridized carbons (Fsp3) is 1.00. The summed E-state index contributed by atoms with van der Waals surface area (Å²) in [5.74, 6) is 2.68. The molecule has 0 aromatic carbocycles. The van der Waals surface area contributed by atoms with Gasteiger partial charge in [-0.3, -0.25) is 0 Å². The highest BCUT2D eigenvalue weighted by Crippen LogP contribution is 2.49. The Balaban J connectivity index is 2.11. The zero-order valence-corrected chi connectivity index (χ0v) is 9.88. The smallest absolute Gasteiger partial charge is 0.0709 e. The predicted octanol–water partition coefficient (Wildman–Crippen LogP) is 3.63. The third-order valence-electron chi connectivity index (χ3n) is 4.70. The maximum atomic E-state index is 6.13. The first-order valence-corrected chi connectivity index (χ1v) is 6.35. The highest BCUT2D eigenvalue weighted by molar-refractivity contribution is 4.97. The van der Waals surface area contributed by atoms with Gasteiger partial charge in [-0.15, -0.1) is 0 Å². The summed E-state index contributed by atoms with van der Waals surface area (Å²) in [6.07, 6.45) is 6.66. The fourth-order valence-electron chi connectivity index (χ4n) is 3.73. The first-order chi connectivity index (χ1) is 6.72. The van der Waals surface area contributed by atoms with Gasteiger partial charge in [0.15, 0.2) is 0 Å². The summed E-state index contributed by atoms with van der Waals surface area (Å²) in [5.41, 5.74) is 0.255. The lowest BCUT2D eigenvalue weighted by Crippen LogP contribution is -2.38. The van der Waals surface area contributed by atoms with Crippen molar-refractivity contribution in [3.8, 4) is 0 Å². The van der Waals surface area contributed by atoms with Gasteiger partial charge in [-0.05, 0) is 43.4 Å². The first kappa shape index (κ1) is 10.5. The number of fused-ring (bicyclic) bond motifs is 1. The molecule has 0 N–H and O–H groups in total. The Morgan fingerprint density at radius 3 is 2.57 bits per heavy atom. The van der Waals surface area contributed by atoms with E-state index in [9.17, 15) is 0 Å². The van der Waals surface area contributed by atoms with Crippen LogP contribution in [0.25, 0.3) is 0 Å². The highest BCUT2D eigenvalue weighted by Gasteiger charge is 2.48. The van der Waals surface area contributed by atoms with E-state index in [-0.39, 0.29) is 5.60 Å². The molecule has 2 aliphatic rings. The van der Waals surface area contributed by atoms with Crippen molar-refractivity contribution in [2.75, 3.05) is 6.61 Å². The summed E-state index contributed by atoms with van der Waals surface area (Å²) in [4.78, 5) is 0. The summed E-state index contributed by atoms with van der Waals surface area (Å²) in [7, 11) is 0. The Morgan fingerprint density at radius 2 is 1.93 bits per heavy atom. The van der Waals surface area contributed by atoms with Gasteiger partial charge in [-0.25, -0.2) is 0 Å². The standard InChI is InChI=1S/C13H24O/c1-4-13(5-2)12-7-6-10(3)8-11(12)9-14-13/h10-12H,4-9H2,1-3H3. The topological polar surface area (TPSA) is 9.23 Å². The minimum atomic E-state index is 0.255. The minimum absolute atomic E-state index is 0.255. The van der Waals surface area contributed by atoms with E-state index < -0.39 is 0 Å². The highest BCUT2D eigenvalue weighted by atomic mass is 16.5. The molecule has 3 unspecified atom stereocenters. The molecule has 0 radical (unpaired) electrons. The molecule has 1 saturated heterocycles. The van der Waals surface area contributed by atoms with E-state index in [4.69, 9.17) is 4.74 Å². The third kappa shape index (κ3) is 1.50. The van der Waals surface area contributed by atoms with E-state index in [1.54, 1.807) is 0 Å². The summed E-state index contributed by atoms with van der Waals surface area (Å²) in [6, 6.07) is 0. The van der Waals surface area contributed by atoms with E-state index in [1.807, 2.05) is 0 Å². The van der Waals surface area contributed by atoms with Crippen LogP contribution in [-0.4, -0.2) is 12.2 Å². The Kier molecular flexibility index (Phi) is 2.88. The van der Waals surface area contributed by atoms with Crippen LogP contribution in [0, 0.1) is 17.8 Å². The van der Waals surface area contributed by atoms with Gasteiger partial charge < -0.3 is 4.74 Å². The maximum Gasteiger partial charge on any atom is 0.0709 e. The lowest BCUT2D eigenvalue weighted by molar-refractivity contribution is -0.0318. The molecule has 2 fully saturated rings. The molecule has 82 valence electrons. The average molecular weight is 196 g/mol. The van der Waals surface area contributed by atoms with Crippen LogP contribution in [0.15, 0.2) is 0 Å². The quantitative estimate of drug-likeness (QED) is 0.655. The molecular formula is C13H24O. The molecular weight excluding hydrogens is 172 g/mol. The van der Waals surface area contributed by atoms with Crippen LogP contribution in [0.3, 0.4) is 0 Å². The SMILES string of the molecule is CCC1(CC)OCC2CC(C)CCC21. The van der Waals surface area contributed by atoms with Gasteiger partial charge in [0.1, 0.15) is 0 Å². The Labute approximate surface area is 88.2 Å². The van der Waals surface area contributed by atoms with Gasteiger partial charge >= 0.3 is 0 Å². The molecule has 1 saturated carbocycles. The number of ether oxygens (including phenoxy) is 1. The van der Waals surface area contributed by atoms with Gasteiger partial charge in [0, 0.05) is 0 Å². The molecule has 3 atom stereocenters. The van der Waals surface area contributed by atoms with Crippen LogP contribution >= 0.6 is 0 Å². The number of hydrogen-bond acceptors (Lipinski definition) is 1. The van der Waals surface area contributed by atoms with Crippen LogP contribution in [0.4, 0.5) is 0 Å². The summed E-state index contributed by atoms with van der Waals surface area (Å²) >= 11 is 0. The molecule has 1 heterocycles. The lowest BCUT2D eigenvalue weighted by Gasteiger charge is -2.38. The van der Waals surface area contributed by atoms with E-state index in [0.29, 0.717) is 0 Å². The zero-order chi connectivity index (χ0) is 10.2. The molecule has 0 bridgehead atoms. The molecule has 1 heteroatoms. The second-order valence-electron chi connectivity index (χ2n) is 5.37. The molecule has 1 aliphatic heterocycles. The van der Waals surface area contributed by atoms with E-state index in [1.165, 1.54) is 32.1 Å². The zero-order valence-electron chi connectivity index (χ0n) is 9.88. The average Bonchev–Trinajstić information content (AvgIpc) is 2.56. The normalized spacial score (nSPS) is 40.9. The van der Waals surface area contributed by atoms with Crippen molar-refractivity contribution >= 4 is 0 Å². The fourth-order valence-corrected chi connectivity index (χ4v) is 3.73. The van der Waals surface area contributed by atoms with Gasteiger partial charge in [-0.1, -0.05) is 27.2 Å². The monoisotopic (exact) mass is 196 g/mol. The van der Waals surface area contributed by atoms with Crippen molar-refractivity contribution in [1.82, 2.24) is 0 Å². The van der Waals surface area contributed by atoms with Crippen molar-refractivity contribution in [2.24, 2.45) is 17.8 Å². The van der Waals surface area contributed by atoms with E-state index in [0.717, 1.165) is 24.4 Å². The van der Waals surface area contributed by atoms with Crippen molar-refractivity contribution < 1.29 is 4.74 Å². The molecule has 2 rings (SSSR count). The van der Waals surface area contributed by atoms with Gasteiger partial charge in [0.05, 0.1) is 12.2 Å². The molecule has 1 aliphatic carbocycles. The van der Waals surface area contributed by atoms with Crippen molar-refractivity contribution in [2.45, 2.75) is 58.5 Å². The Morgan fingerprint density at radius 1 is 1.21 bits per heavy atom. The van der Waals surface area contributed by atoms with Crippen LogP contribution in [0.5, 0.6) is 0 Å². The van der Waals surface area contributed by atoms with E-state index in [2.05, 4.69) is 20.8 Å². The van der Waals surface area contributed by atoms with Crippen LogP contribution in [0.2, 0.25) is 0 Å². The summed E-state index contributed by atoms with van der Waals surface area (Å²) in [5, 5.41) is 0. The Bertz CT molecular complexity index is 195. The molecule has 1 nitrogen and oxygen atoms in total. The largest absolute Gasteiger partial charge is 0.374 e. The number of rotatable bonds is 2. The molecule has 14 heavy (non-hydrogen) atoms. The van der Waals surface area contributed by atoms with E-state index >= 15 is 0 Å². The number of hydrogen-bond donors (Lipinski definition) is 0. The van der Waals surface area contributed by atoms with Crippen molar-refractivity contribution in [3.63, 3.8) is 0 Å². The second-order valence-corrected chi connectivity index (χ2v) is 5.37. The third-order valence-corrected chi connectivity index (χ3v) is 4.70. The van der Waals surface area contributed by atoms with Gasteiger partial charge in [0.2, 0.25) is 0 Å². The van der Waals surface area contributed by atoms with Gasteiger partial charge in [-0.2, -0.15) is 0 Å².